The van der Waals surface area contributed by atoms with Crippen molar-refractivity contribution >= 4 is 32.8 Å². The van der Waals surface area contributed by atoms with Gasteiger partial charge in [-0.2, -0.15) is 18.2 Å². The zero-order valence-electron chi connectivity index (χ0n) is 38.4. The number of fused-ring (bicyclic) bond motifs is 12. The number of para-hydroxylation sites is 3. The van der Waals surface area contributed by atoms with Crippen LogP contribution in [0, 0.1) is 18.5 Å². The van der Waals surface area contributed by atoms with E-state index in [2.05, 4.69) is 208 Å². The first-order valence-electron chi connectivity index (χ1n) is 22.9. The summed E-state index contributed by atoms with van der Waals surface area (Å²) in [4.78, 5) is 4.87. The van der Waals surface area contributed by atoms with Gasteiger partial charge in [-0.1, -0.05) is 145 Å². The van der Waals surface area contributed by atoms with Gasteiger partial charge in [0.25, 0.3) is 6.33 Å². The minimum absolute atomic E-state index is 0. The predicted molar refractivity (Wildman–Crippen MR) is 264 cm³/mol. The van der Waals surface area contributed by atoms with Crippen molar-refractivity contribution in [2.45, 2.75) is 77.6 Å². The van der Waals surface area contributed by atoms with Gasteiger partial charge in [-0.15, -0.1) is 29.7 Å². The van der Waals surface area contributed by atoms with Gasteiger partial charge in [-0.3, -0.25) is 4.57 Å². The van der Waals surface area contributed by atoms with Gasteiger partial charge in [-0.25, -0.2) is 4.98 Å². The normalized spacial score (nSPS) is 14.6. The molecule has 328 valence electrons. The summed E-state index contributed by atoms with van der Waals surface area (Å²) in [5, 5.41) is 2.23. The molecule has 3 aromatic heterocycles. The fraction of sp³-hybridized carbons (Fsp3) is 0.200. The first-order valence-corrected chi connectivity index (χ1v) is 22.9. The Hall–Kier alpha value is -6.55. The summed E-state index contributed by atoms with van der Waals surface area (Å²) in [5.74, 6) is 2.04. The number of hydrogen-bond donors (Lipinski definition) is 0. The molecule has 0 unspecified atom stereocenters. The van der Waals surface area contributed by atoms with Crippen molar-refractivity contribution in [2.24, 2.45) is 0 Å². The molecule has 4 heterocycles. The summed E-state index contributed by atoms with van der Waals surface area (Å²) in [6.45, 7) is 16.4. The third kappa shape index (κ3) is 6.53. The number of imidazole rings is 1. The standard InChI is InChI=1S/C60H50N4O.Pt/c1-58(2,3)38-30-33-61-54(34-38)64-51-24-13-11-19-43(51)45-27-26-41(36-53(45)64)65-40-17-14-16-39(35-40)62-37-63-50-23-12-10-20-44(50)47-28-29-49-56(60(6,7)32-31-59(49,4)5)55(47)46-21-9-8-18-42(46)48-22-15-25-52(62)57(48)63;/h8-30,33-34H,31-32H2,1-7H3;/q-2;. The molecule has 1 aliphatic heterocycles. The molecule has 6 heteroatoms. The Morgan fingerprint density at radius 1 is 0.621 bits per heavy atom. The first kappa shape index (κ1) is 42.1. The number of hydrogen-bond acceptors (Lipinski definition) is 2. The van der Waals surface area contributed by atoms with Crippen LogP contribution in [0.25, 0.3) is 83.4 Å². The average Bonchev–Trinajstić information content (AvgIpc) is 3.87. The minimum Gasteiger partial charge on any atom is -0.510 e. The van der Waals surface area contributed by atoms with E-state index in [9.17, 15) is 0 Å². The van der Waals surface area contributed by atoms with Crippen LogP contribution in [0.1, 0.15) is 78.0 Å². The number of rotatable bonds is 4. The number of nitrogens with zero attached hydrogens (tertiary/aromatic N) is 4. The molecular formula is C60H50N4OPt-2. The van der Waals surface area contributed by atoms with Crippen LogP contribution in [-0.4, -0.2) is 14.1 Å². The zero-order valence-corrected chi connectivity index (χ0v) is 40.6. The molecule has 0 bridgehead atoms. The smallest absolute Gasteiger partial charge is 0.268 e. The van der Waals surface area contributed by atoms with Crippen LogP contribution in [0.3, 0.4) is 0 Å². The maximum Gasteiger partial charge on any atom is 0.268 e. The summed E-state index contributed by atoms with van der Waals surface area (Å²) in [7, 11) is 0. The summed E-state index contributed by atoms with van der Waals surface area (Å²) in [6, 6.07) is 59.6. The van der Waals surface area contributed by atoms with Crippen LogP contribution in [0.5, 0.6) is 11.5 Å². The molecule has 66 heavy (non-hydrogen) atoms. The molecule has 0 fully saturated rings. The van der Waals surface area contributed by atoms with Crippen molar-refractivity contribution in [2.75, 3.05) is 0 Å². The van der Waals surface area contributed by atoms with E-state index in [0.29, 0.717) is 11.5 Å². The Labute approximate surface area is 401 Å². The molecule has 1 aliphatic carbocycles. The molecule has 0 saturated heterocycles. The Morgan fingerprint density at radius 2 is 1.32 bits per heavy atom. The Morgan fingerprint density at radius 3 is 2.15 bits per heavy atom. The molecule has 5 nitrogen and oxygen atoms in total. The molecule has 0 radical (unpaired) electrons. The molecular weight excluding hydrogens is 988 g/mol. The molecule has 0 spiro atoms. The van der Waals surface area contributed by atoms with Gasteiger partial charge in [0.1, 0.15) is 5.82 Å². The number of benzene rings is 7. The molecule has 10 aromatic rings. The summed E-state index contributed by atoms with van der Waals surface area (Å²) in [6.07, 6.45) is 8.06. The van der Waals surface area contributed by atoms with Crippen molar-refractivity contribution < 1.29 is 30.4 Å². The molecule has 2 aliphatic rings. The molecule has 0 atom stereocenters. The van der Waals surface area contributed by atoms with E-state index in [-0.39, 0.29) is 37.3 Å². The molecule has 0 saturated carbocycles. The maximum atomic E-state index is 6.69. The van der Waals surface area contributed by atoms with Gasteiger partial charge >= 0.3 is 0 Å². The van der Waals surface area contributed by atoms with E-state index in [0.717, 1.165) is 68.4 Å². The summed E-state index contributed by atoms with van der Waals surface area (Å²) in [5.41, 5.74) is 17.6. The van der Waals surface area contributed by atoms with Crippen LogP contribution >= 0.6 is 0 Å². The van der Waals surface area contributed by atoms with Crippen molar-refractivity contribution in [3.05, 3.63) is 187 Å². The first-order chi connectivity index (χ1) is 31.4. The van der Waals surface area contributed by atoms with Gasteiger partial charge in [0.05, 0.1) is 16.7 Å². The number of ether oxygens (including phenoxy) is 1. The van der Waals surface area contributed by atoms with Gasteiger partial charge in [0.2, 0.25) is 0 Å². The van der Waals surface area contributed by atoms with E-state index >= 15 is 0 Å². The SMILES string of the molecule is CC(C)(C)c1ccnc(-n2c3[c-]c(Oc4[c-]c(-n5[c-][n+]6c7c(cccc75)-c5ccccc5-c5c(ccc7c5C(C)(C)CCC7(C)C)-c5ccccc5-6)ccc4)ccc3c3ccccc32)c1.[Pt]. The second-order valence-electron chi connectivity index (χ2n) is 20.3. The zero-order chi connectivity index (χ0) is 44.4. The van der Waals surface area contributed by atoms with Gasteiger partial charge < -0.3 is 13.9 Å². The Kier molecular flexibility index (Phi) is 9.73. The fourth-order valence-corrected chi connectivity index (χ4v) is 10.7. The van der Waals surface area contributed by atoms with E-state index < -0.39 is 0 Å². The Bertz CT molecular complexity index is 3580. The van der Waals surface area contributed by atoms with Gasteiger partial charge in [0, 0.05) is 44.3 Å². The maximum absolute atomic E-state index is 6.69. The van der Waals surface area contributed by atoms with Crippen LogP contribution in [0.4, 0.5) is 0 Å². The molecule has 7 aromatic carbocycles. The predicted octanol–water partition coefficient (Wildman–Crippen LogP) is 14.6. The number of pyridine rings is 1. The monoisotopic (exact) mass is 1040 g/mol. The van der Waals surface area contributed by atoms with Crippen LogP contribution in [-0.2, 0) is 37.3 Å². The van der Waals surface area contributed by atoms with E-state index in [1.807, 2.05) is 24.4 Å². The molecule has 12 rings (SSSR count). The van der Waals surface area contributed by atoms with E-state index in [4.69, 9.17) is 9.72 Å². The van der Waals surface area contributed by atoms with E-state index in [1.165, 1.54) is 44.5 Å². The van der Waals surface area contributed by atoms with Crippen molar-refractivity contribution in [3.63, 3.8) is 0 Å². The van der Waals surface area contributed by atoms with E-state index in [1.54, 1.807) is 0 Å². The largest absolute Gasteiger partial charge is 0.510 e. The summed E-state index contributed by atoms with van der Waals surface area (Å²) < 4.78 is 13.3. The second kappa shape index (κ2) is 15.3. The average molecular weight is 1040 g/mol. The molecule has 0 N–H and O–H groups in total. The van der Waals surface area contributed by atoms with Crippen molar-refractivity contribution in [1.82, 2.24) is 14.1 Å². The fourth-order valence-electron chi connectivity index (χ4n) is 10.7. The third-order valence-electron chi connectivity index (χ3n) is 14.2. The molecule has 0 amide bonds. The minimum atomic E-state index is -0.0258. The Balaban J connectivity index is 0.00000481. The van der Waals surface area contributed by atoms with Crippen LogP contribution in [0.15, 0.2) is 152 Å². The van der Waals surface area contributed by atoms with Gasteiger partial charge in [-0.05, 0) is 114 Å². The quantitative estimate of drug-likeness (QED) is 0.130. The van der Waals surface area contributed by atoms with Crippen LogP contribution < -0.4 is 9.30 Å². The van der Waals surface area contributed by atoms with Crippen molar-refractivity contribution in [1.29, 1.82) is 0 Å². The van der Waals surface area contributed by atoms with Crippen LogP contribution in [0.2, 0.25) is 0 Å². The third-order valence-corrected chi connectivity index (χ3v) is 14.2. The topological polar surface area (TPSA) is 35.9 Å². The van der Waals surface area contributed by atoms with Gasteiger partial charge in [0.15, 0.2) is 0 Å². The number of aromatic nitrogens is 4. The second-order valence-corrected chi connectivity index (χ2v) is 20.3. The van der Waals surface area contributed by atoms with Crippen molar-refractivity contribution in [3.8, 4) is 62.1 Å². The summed E-state index contributed by atoms with van der Waals surface area (Å²) >= 11 is 0.